The first-order valence-corrected chi connectivity index (χ1v) is 29.0. The first-order chi connectivity index (χ1) is 32.9. The van der Waals surface area contributed by atoms with Crippen molar-refractivity contribution in [3.05, 3.63) is 0 Å². The third-order valence-corrected chi connectivity index (χ3v) is 13.0. The minimum Gasteiger partial charge on any atom is -0.466 e. The van der Waals surface area contributed by atoms with E-state index < -0.39 is 18.4 Å². The van der Waals surface area contributed by atoms with Crippen molar-refractivity contribution in [3.8, 4) is 0 Å². The lowest BCUT2D eigenvalue weighted by Gasteiger charge is -2.33. The zero-order valence-electron chi connectivity index (χ0n) is 46.1. The van der Waals surface area contributed by atoms with Gasteiger partial charge < -0.3 is 34.1 Å². The van der Waals surface area contributed by atoms with Gasteiger partial charge in [0.1, 0.15) is 0 Å². The number of hydrogen-bond donors (Lipinski definition) is 3. The maximum atomic E-state index is 12.4. The van der Waals surface area contributed by atoms with Crippen molar-refractivity contribution in [3.63, 3.8) is 0 Å². The highest BCUT2D eigenvalue weighted by atomic mass is 16.6. The fourth-order valence-corrected chi connectivity index (χ4v) is 8.64. The molecule has 3 N–H and O–H groups in total. The van der Waals surface area contributed by atoms with Gasteiger partial charge in [-0.2, -0.15) is 0 Å². The minimum absolute atomic E-state index is 0.112. The van der Waals surface area contributed by atoms with Crippen molar-refractivity contribution in [2.45, 2.75) is 303 Å². The first-order valence-electron chi connectivity index (χ1n) is 29.0. The summed E-state index contributed by atoms with van der Waals surface area (Å²) in [6.07, 6.45) is 42.0. The Morgan fingerprint density at radius 1 is 0.485 bits per heavy atom. The molecule has 0 fully saturated rings. The molecule has 2 atom stereocenters. The number of nitrogens with one attached hydrogen (secondary N) is 1. The van der Waals surface area contributed by atoms with Gasteiger partial charge in [0, 0.05) is 39.0 Å². The number of unbranched alkanes of at least 4 members (excludes halogenated alkanes) is 30. The molecule has 11 nitrogen and oxygen atoms in total. The SMILES string of the molecule is CCCCCCCCCCCCCCCCCC(=O)OCCCCC(CCCCOC(=O)CCCCCCCCCCCCCCCCC)OC(O)NCCN(CCN(C)C)C(O)OC(C)(C)C. The summed E-state index contributed by atoms with van der Waals surface area (Å²) in [4.78, 5) is 28.8. The van der Waals surface area contributed by atoms with Gasteiger partial charge >= 0.3 is 11.9 Å². The Labute approximate surface area is 421 Å². The lowest BCUT2D eigenvalue weighted by Crippen LogP contribution is -2.48. The fraction of sp³-hybridized carbons (Fsp3) is 0.965. The van der Waals surface area contributed by atoms with Crippen LogP contribution in [0.25, 0.3) is 0 Å². The largest absolute Gasteiger partial charge is 0.466 e. The van der Waals surface area contributed by atoms with Crippen LogP contribution in [0.4, 0.5) is 0 Å². The highest BCUT2D eigenvalue weighted by Crippen LogP contribution is 2.18. The number of carbonyl (C=O) groups is 2. The van der Waals surface area contributed by atoms with Crippen LogP contribution in [0.2, 0.25) is 0 Å². The lowest BCUT2D eigenvalue weighted by atomic mass is 10.0. The molecule has 0 aliphatic rings. The van der Waals surface area contributed by atoms with Crippen molar-refractivity contribution in [2.24, 2.45) is 0 Å². The van der Waals surface area contributed by atoms with E-state index >= 15 is 0 Å². The topological polar surface area (TPSA) is 130 Å². The van der Waals surface area contributed by atoms with E-state index in [0.717, 1.165) is 57.9 Å². The van der Waals surface area contributed by atoms with Gasteiger partial charge in [-0.15, -0.1) is 0 Å². The van der Waals surface area contributed by atoms with Crippen LogP contribution in [0.15, 0.2) is 0 Å². The highest BCUT2D eigenvalue weighted by Gasteiger charge is 2.23. The summed E-state index contributed by atoms with van der Waals surface area (Å²) in [5.74, 6) is -0.224. The molecule has 0 bridgehead atoms. The molecule has 406 valence electrons. The molecule has 0 radical (unpaired) electrons. The van der Waals surface area contributed by atoms with Gasteiger partial charge in [0.2, 0.25) is 12.8 Å². The number of hydrogen-bond acceptors (Lipinski definition) is 11. The summed E-state index contributed by atoms with van der Waals surface area (Å²) < 4.78 is 23.1. The standard InChI is InChI=1S/C57H115N3O8/c1-8-10-12-14-16-18-20-22-24-26-28-30-32-34-36-44-53(61)65-50-40-38-42-52(67-55(63)58-46-47-60(49-48-59(6)7)56(64)68-57(3,4)5)43-39-41-51-66-54(62)45-37-35-33-31-29-27-25-23-21-19-17-15-13-11-9-2/h52,55-56,58,63-64H,8-51H2,1-7H3. The van der Waals surface area contributed by atoms with Crippen molar-refractivity contribution < 1.29 is 38.7 Å². The van der Waals surface area contributed by atoms with Gasteiger partial charge in [0.05, 0.1) is 24.9 Å². The second-order valence-corrected chi connectivity index (χ2v) is 21.3. The Kier molecular flexibility index (Phi) is 48.3. The van der Waals surface area contributed by atoms with Crippen LogP contribution in [0.1, 0.15) is 279 Å². The Bertz CT molecular complexity index is 1020. The summed E-state index contributed by atoms with van der Waals surface area (Å²) in [6.45, 7) is 13.2. The lowest BCUT2D eigenvalue weighted by molar-refractivity contribution is -0.239. The zero-order chi connectivity index (χ0) is 50.2. The van der Waals surface area contributed by atoms with Crippen LogP contribution in [0.3, 0.4) is 0 Å². The predicted molar refractivity (Wildman–Crippen MR) is 285 cm³/mol. The van der Waals surface area contributed by atoms with E-state index in [-0.39, 0.29) is 18.0 Å². The number of carbonyl (C=O) groups excluding carboxylic acids is 2. The van der Waals surface area contributed by atoms with E-state index in [0.29, 0.717) is 58.5 Å². The third-order valence-electron chi connectivity index (χ3n) is 13.0. The van der Waals surface area contributed by atoms with Crippen LogP contribution in [0, 0.1) is 0 Å². The van der Waals surface area contributed by atoms with Crippen molar-refractivity contribution in [1.82, 2.24) is 15.1 Å². The number of nitrogens with zero attached hydrogens (tertiary/aromatic N) is 2. The average Bonchev–Trinajstić information content (AvgIpc) is 3.29. The Morgan fingerprint density at radius 2 is 0.838 bits per heavy atom. The molecule has 0 spiro atoms. The van der Waals surface area contributed by atoms with Crippen molar-refractivity contribution in [1.29, 1.82) is 0 Å². The Morgan fingerprint density at radius 3 is 1.18 bits per heavy atom. The van der Waals surface area contributed by atoms with E-state index in [9.17, 15) is 19.8 Å². The number of esters is 2. The van der Waals surface area contributed by atoms with E-state index in [2.05, 4.69) is 24.1 Å². The van der Waals surface area contributed by atoms with Crippen LogP contribution < -0.4 is 5.32 Å². The van der Waals surface area contributed by atoms with Gasteiger partial charge in [-0.05, 0) is 86.2 Å². The number of likely N-dealkylation sites (N-methyl/N-ethyl adjacent to an activating group) is 1. The molecule has 0 rings (SSSR count). The minimum atomic E-state index is -1.18. The molecule has 0 aliphatic carbocycles. The van der Waals surface area contributed by atoms with Crippen LogP contribution in [-0.2, 0) is 28.5 Å². The monoisotopic (exact) mass is 970 g/mol. The second-order valence-electron chi connectivity index (χ2n) is 21.3. The molecule has 0 aromatic carbocycles. The smallest absolute Gasteiger partial charge is 0.305 e. The van der Waals surface area contributed by atoms with E-state index in [1.54, 1.807) is 0 Å². The number of rotatable bonds is 53. The van der Waals surface area contributed by atoms with Gasteiger partial charge in [-0.1, -0.05) is 194 Å². The number of aliphatic hydroxyl groups excluding tert-OH is 2. The molecule has 2 unspecified atom stereocenters. The molecular formula is C57H115N3O8. The molecule has 0 amide bonds. The summed E-state index contributed by atoms with van der Waals surface area (Å²) in [7, 11) is 3.98. The first kappa shape index (κ1) is 66.7. The van der Waals surface area contributed by atoms with E-state index in [4.69, 9.17) is 18.9 Å². The Hall–Kier alpha value is -1.34. The highest BCUT2D eigenvalue weighted by molar-refractivity contribution is 5.69. The molecule has 0 heterocycles. The Balaban J connectivity index is 4.52. The maximum Gasteiger partial charge on any atom is 0.305 e. The molecule has 0 aromatic heterocycles. The van der Waals surface area contributed by atoms with Crippen molar-refractivity contribution in [2.75, 3.05) is 53.5 Å². The fourth-order valence-electron chi connectivity index (χ4n) is 8.64. The predicted octanol–water partition coefficient (Wildman–Crippen LogP) is 14.1. The zero-order valence-corrected chi connectivity index (χ0v) is 46.1. The quantitative estimate of drug-likeness (QED) is 0.0306. The van der Waals surface area contributed by atoms with Gasteiger partial charge in [0.25, 0.3) is 0 Å². The van der Waals surface area contributed by atoms with Crippen LogP contribution in [0.5, 0.6) is 0 Å². The van der Waals surface area contributed by atoms with E-state index in [1.165, 1.54) is 167 Å². The summed E-state index contributed by atoms with van der Waals surface area (Å²) in [5.41, 5.74) is -0.507. The summed E-state index contributed by atoms with van der Waals surface area (Å²) in [5, 5.41) is 24.7. The van der Waals surface area contributed by atoms with Crippen molar-refractivity contribution >= 4 is 11.9 Å². The molecule has 0 aromatic rings. The van der Waals surface area contributed by atoms with Crippen LogP contribution in [-0.4, -0.2) is 110 Å². The molecule has 11 heteroatoms. The summed E-state index contributed by atoms with van der Waals surface area (Å²) >= 11 is 0. The average molecular weight is 971 g/mol. The maximum absolute atomic E-state index is 12.4. The molecule has 68 heavy (non-hydrogen) atoms. The van der Waals surface area contributed by atoms with Gasteiger partial charge in [-0.25, -0.2) is 0 Å². The van der Waals surface area contributed by atoms with Gasteiger partial charge in [0.15, 0.2) is 0 Å². The summed E-state index contributed by atoms with van der Waals surface area (Å²) in [6, 6.07) is 0. The molecule has 0 aliphatic heterocycles. The molecule has 0 saturated carbocycles. The molecular weight excluding hydrogens is 855 g/mol. The third kappa shape index (κ3) is 49.6. The number of ether oxygens (including phenoxy) is 4. The van der Waals surface area contributed by atoms with E-state index in [1.807, 2.05) is 39.8 Å². The normalized spacial score (nSPS) is 13.0. The second kappa shape index (κ2) is 49.2. The van der Waals surface area contributed by atoms with Crippen LogP contribution >= 0.6 is 0 Å². The molecule has 0 saturated heterocycles. The number of aliphatic hydroxyl groups is 2. The van der Waals surface area contributed by atoms with Gasteiger partial charge in [-0.3, -0.25) is 19.8 Å².